The van der Waals surface area contributed by atoms with Gasteiger partial charge < -0.3 is 14.8 Å². The fourth-order valence-electron chi connectivity index (χ4n) is 1.17. The fraction of sp³-hybridized carbons (Fsp3) is 0.636. The van der Waals surface area contributed by atoms with Crippen LogP contribution >= 0.6 is 0 Å². The highest BCUT2D eigenvalue weighted by Crippen LogP contribution is 2.12. The summed E-state index contributed by atoms with van der Waals surface area (Å²) in [6.07, 6.45) is 2.58. The summed E-state index contributed by atoms with van der Waals surface area (Å²) in [7, 11) is 0. The summed E-state index contributed by atoms with van der Waals surface area (Å²) in [4.78, 5) is 0. The maximum Gasteiger partial charge on any atom is 0.120 e. The number of furan rings is 1. The molecule has 3 nitrogen and oxygen atoms in total. The van der Waals surface area contributed by atoms with E-state index in [9.17, 15) is 5.11 Å². The van der Waals surface area contributed by atoms with Gasteiger partial charge in [-0.25, -0.2) is 0 Å². The number of aliphatic hydroxyl groups is 1. The van der Waals surface area contributed by atoms with Gasteiger partial charge >= 0.3 is 0 Å². The van der Waals surface area contributed by atoms with Crippen molar-refractivity contribution in [3.05, 3.63) is 23.7 Å². The Balaban J connectivity index is 2.52. The van der Waals surface area contributed by atoms with Gasteiger partial charge in [-0.3, -0.25) is 0 Å². The van der Waals surface area contributed by atoms with E-state index in [0.29, 0.717) is 6.54 Å². The fourth-order valence-corrected chi connectivity index (χ4v) is 1.17. The monoisotopic (exact) mass is 197 g/mol. The maximum atomic E-state index is 9.19. The normalized spacial score (nSPS) is 15.4. The van der Waals surface area contributed by atoms with Crippen molar-refractivity contribution in [2.24, 2.45) is 0 Å². The second-order valence-corrected chi connectivity index (χ2v) is 3.95. The zero-order chi connectivity index (χ0) is 10.6. The number of nitrogens with one attached hydrogen (secondary N) is 1. The Morgan fingerprint density at radius 2 is 2.29 bits per heavy atom. The lowest BCUT2D eigenvalue weighted by Crippen LogP contribution is -2.44. The van der Waals surface area contributed by atoms with E-state index in [0.717, 1.165) is 17.7 Å². The number of hydrogen-bond acceptors (Lipinski definition) is 3. The van der Waals surface area contributed by atoms with Gasteiger partial charge in [-0.05, 0) is 31.9 Å². The number of hydrogen-bond donors (Lipinski definition) is 2. The van der Waals surface area contributed by atoms with Crippen LogP contribution < -0.4 is 5.32 Å². The predicted octanol–water partition coefficient (Wildman–Crippen LogP) is 1.84. The lowest BCUT2D eigenvalue weighted by Gasteiger charge is -2.26. The van der Waals surface area contributed by atoms with Crippen LogP contribution in [0.2, 0.25) is 0 Å². The average Bonchev–Trinajstić information content (AvgIpc) is 2.61. The molecule has 0 aliphatic heterocycles. The molecule has 0 aliphatic carbocycles. The van der Waals surface area contributed by atoms with E-state index in [-0.39, 0.29) is 12.1 Å². The van der Waals surface area contributed by atoms with E-state index in [4.69, 9.17) is 4.42 Å². The molecular formula is C11H19NO2. The molecule has 0 bridgehead atoms. The molecule has 1 heterocycles. The summed E-state index contributed by atoms with van der Waals surface area (Å²) in [5, 5.41) is 12.5. The Morgan fingerprint density at radius 1 is 1.57 bits per heavy atom. The third kappa shape index (κ3) is 2.59. The molecule has 1 aromatic rings. The first-order valence-corrected chi connectivity index (χ1v) is 5.00. The second-order valence-electron chi connectivity index (χ2n) is 3.95. The maximum absolute atomic E-state index is 9.19. The van der Waals surface area contributed by atoms with E-state index >= 15 is 0 Å². The van der Waals surface area contributed by atoms with Gasteiger partial charge in [0.2, 0.25) is 0 Å². The van der Waals surface area contributed by atoms with Crippen LogP contribution in [0.15, 0.2) is 16.7 Å². The van der Waals surface area contributed by atoms with Gasteiger partial charge in [0.1, 0.15) is 5.76 Å². The number of aryl methyl sites for hydroxylation is 1. The molecule has 80 valence electrons. The molecule has 0 aliphatic rings. The van der Waals surface area contributed by atoms with Crippen LogP contribution in [0.1, 0.15) is 31.6 Å². The van der Waals surface area contributed by atoms with Crippen molar-refractivity contribution in [1.82, 2.24) is 5.32 Å². The molecule has 0 fully saturated rings. The molecule has 1 aromatic heterocycles. The first kappa shape index (κ1) is 11.3. The van der Waals surface area contributed by atoms with Crippen molar-refractivity contribution in [3.8, 4) is 0 Å². The summed E-state index contributed by atoms with van der Waals surface area (Å²) in [6.45, 7) is 6.89. The topological polar surface area (TPSA) is 45.4 Å². The molecule has 2 N–H and O–H groups in total. The molecule has 0 saturated carbocycles. The van der Waals surface area contributed by atoms with Crippen LogP contribution in [-0.2, 0) is 6.54 Å². The first-order valence-electron chi connectivity index (χ1n) is 5.00. The van der Waals surface area contributed by atoms with Crippen LogP contribution in [0.3, 0.4) is 0 Å². The van der Waals surface area contributed by atoms with E-state index in [1.165, 1.54) is 0 Å². The van der Waals surface area contributed by atoms with Crippen LogP contribution in [0, 0.1) is 6.92 Å². The minimum Gasteiger partial charge on any atom is -0.468 e. The summed E-state index contributed by atoms with van der Waals surface area (Å²) in [5.74, 6) is 0.943. The summed E-state index contributed by atoms with van der Waals surface area (Å²) in [5.41, 5.74) is 0.938. The Kier molecular flexibility index (Phi) is 3.72. The Hall–Kier alpha value is -0.800. The Bertz CT molecular complexity index is 277. The molecular weight excluding hydrogens is 178 g/mol. The van der Waals surface area contributed by atoms with Crippen molar-refractivity contribution in [2.45, 2.75) is 39.3 Å². The molecule has 14 heavy (non-hydrogen) atoms. The third-order valence-corrected chi connectivity index (χ3v) is 2.77. The van der Waals surface area contributed by atoms with Gasteiger partial charge in [-0.15, -0.1) is 0 Å². The molecule has 1 unspecified atom stereocenters. The molecule has 1 atom stereocenters. The number of aliphatic hydroxyl groups excluding tert-OH is 1. The van der Waals surface area contributed by atoms with Crippen LogP contribution in [-0.4, -0.2) is 17.3 Å². The van der Waals surface area contributed by atoms with Gasteiger partial charge in [-0.1, -0.05) is 6.92 Å². The standard InChI is InChI=1S/C11H19NO2/c1-4-11(3,8-13)12-7-10-9(2)5-6-14-10/h5-6,12-13H,4,7-8H2,1-3H3. The van der Waals surface area contributed by atoms with E-state index < -0.39 is 0 Å². The lowest BCUT2D eigenvalue weighted by atomic mass is 10.0. The summed E-state index contributed by atoms with van der Waals surface area (Å²) in [6, 6.07) is 1.94. The minimum atomic E-state index is -0.209. The highest BCUT2D eigenvalue weighted by molar-refractivity contribution is 5.14. The van der Waals surface area contributed by atoms with E-state index in [2.05, 4.69) is 12.2 Å². The van der Waals surface area contributed by atoms with Gasteiger partial charge in [0.05, 0.1) is 19.4 Å². The smallest absolute Gasteiger partial charge is 0.120 e. The van der Waals surface area contributed by atoms with Crippen molar-refractivity contribution < 1.29 is 9.52 Å². The van der Waals surface area contributed by atoms with E-state index in [1.54, 1.807) is 6.26 Å². The highest BCUT2D eigenvalue weighted by Gasteiger charge is 2.20. The van der Waals surface area contributed by atoms with Crippen molar-refractivity contribution >= 4 is 0 Å². The van der Waals surface area contributed by atoms with Gasteiger partial charge in [-0.2, -0.15) is 0 Å². The Morgan fingerprint density at radius 3 is 2.71 bits per heavy atom. The average molecular weight is 197 g/mol. The van der Waals surface area contributed by atoms with E-state index in [1.807, 2.05) is 19.9 Å². The van der Waals surface area contributed by atoms with Crippen LogP contribution in [0.25, 0.3) is 0 Å². The predicted molar refractivity (Wildman–Crippen MR) is 56.1 cm³/mol. The molecule has 0 amide bonds. The van der Waals surface area contributed by atoms with Gasteiger partial charge in [0, 0.05) is 5.54 Å². The Labute approximate surface area is 85.1 Å². The van der Waals surface area contributed by atoms with Gasteiger partial charge in [0.25, 0.3) is 0 Å². The largest absolute Gasteiger partial charge is 0.468 e. The van der Waals surface area contributed by atoms with Crippen molar-refractivity contribution in [2.75, 3.05) is 6.61 Å². The zero-order valence-electron chi connectivity index (χ0n) is 9.13. The summed E-state index contributed by atoms with van der Waals surface area (Å²) < 4.78 is 5.30. The van der Waals surface area contributed by atoms with Crippen LogP contribution in [0.5, 0.6) is 0 Å². The molecule has 0 saturated heterocycles. The third-order valence-electron chi connectivity index (χ3n) is 2.77. The summed E-state index contributed by atoms with van der Waals surface area (Å²) >= 11 is 0. The lowest BCUT2D eigenvalue weighted by molar-refractivity contribution is 0.166. The number of rotatable bonds is 5. The second kappa shape index (κ2) is 4.62. The molecule has 3 heteroatoms. The molecule has 1 rings (SSSR count). The SMILES string of the molecule is CCC(C)(CO)NCc1occc1C. The zero-order valence-corrected chi connectivity index (χ0v) is 9.13. The minimum absolute atomic E-state index is 0.142. The first-order chi connectivity index (χ1) is 6.61. The van der Waals surface area contributed by atoms with Crippen molar-refractivity contribution in [3.63, 3.8) is 0 Å². The highest BCUT2D eigenvalue weighted by atomic mass is 16.3. The molecule has 0 radical (unpaired) electrons. The molecule has 0 spiro atoms. The van der Waals surface area contributed by atoms with Crippen LogP contribution in [0.4, 0.5) is 0 Å². The van der Waals surface area contributed by atoms with Gasteiger partial charge in [0.15, 0.2) is 0 Å². The molecule has 0 aromatic carbocycles. The van der Waals surface area contributed by atoms with Crippen molar-refractivity contribution in [1.29, 1.82) is 0 Å². The quantitative estimate of drug-likeness (QED) is 0.757.